The lowest BCUT2D eigenvalue weighted by Crippen LogP contribution is -2.30. The Morgan fingerprint density at radius 3 is 2.36 bits per heavy atom. The lowest BCUT2D eigenvalue weighted by molar-refractivity contribution is -0.123. The van der Waals surface area contributed by atoms with Crippen molar-refractivity contribution in [3.63, 3.8) is 0 Å². The Kier molecular flexibility index (Phi) is 6.33. The Balaban J connectivity index is 1.85. The molecule has 2 rings (SSSR count). The van der Waals surface area contributed by atoms with Crippen LogP contribution in [0.15, 0.2) is 36.8 Å². The van der Waals surface area contributed by atoms with E-state index in [-0.39, 0.29) is 17.9 Å². The maximum absolute atomic E-state index is 12.0. The van der Waals surface area contributed by atoms with Crippen molar-refractivity contribution in [3.05, 3.63) is 48.0 Å². The van der Waals surface area contributed by atoms with Crippen molar-refractivity contribution in [1.29, 1.82) is 0 Å². The average molecular weight is 343 g/mol. The van der Waals surface area contributed by atoms with Crippen LogP contribution >= 0.6 is 0 Å². The van der Waals surface area contributed by atoms with Crippen LogP contribution in [0.5, 0.6) is 11.5 Å². The topological polar surface area (TPSA) is 73.3 Å². The highest BCUT2D eigenvalue weighted by atomic mass is 16.5. The van der Waals surface area contributed by atoms with E-state index in [2.05, 4.69) is 36.1 Å². The van der Waals surface area contributed by atoms with Crippen LogP contribution in [0.3, 0.4) is 0 Å². The lowest BCUT2D eigenvalue weighted by atomic mass is 9.89. The number of ether oxygens (including phenoxy) is 2. The summed E-state index contributed by atoms with van der Waals surface area (Å²) in [6.45, 7) is 9.10. The third-order valence-electron chi connectivity index (χ3n) is 3.48. The van der Waals surface area contributed by atoms with Crippen molar-refractivity contribution in [2.24, 2.45) is 0 Å². The molecule has 6 nitrogen and oxygen atoms in total. The molecule has 25 heavy (non-hydrogen) atoms. The summed E-state index contributed by atoms with van der Waals surface area (Å²) in [7, 11) is 0. The maximum atomic E-state index is 12.0. The highest BCUT2D eigenvalue weighted by Gasteiger charge is 2.19. The van der Waals surface area contributed by atoms with Gasteiger partial charge in [-0.1, -0.05) is 20.8 Å². The van der Waals surface area contributed by atoms with Crippen LogP contribution in [0.2, 0.25) is 0 Å². The van der Waals surface area contributed by atoms with E-state index >= 15 is 0 Å². The standard InChI is InChI=1S/C19H25N3O3/c1-5-24-15-6-8-16(9-7-15)25-12-17(23)21-11-14-10-20-13-22-18(14)19(2,3)4/h6-10,13H,5,11-12H2,1-4H3,(H,21,23). The SMILES string of the molecule is CCOc1ccc(OCC(=O)NCc2cncnc2C(C)(C)C)cc1. The summed E-state index contributed by atoms with van der Waals surface area (Å²) in [4.78, 5) is 20.4. The second kappa shape index (κ2) is 8.46. The summed E-state index contributed by atoms with van der Waals surface area (Å²) in [5, 5.41) is 2.84. The molecule has 0 spiro atoms. The molecule has 0 radical (unpaired) electrons. The highest BCUT2D eigenvalue weighted by molar-refractivity contribution is 5.77. The van der Waals surface area contributed by atoms with E-state index in [0.717, 1.165) is 17.0 Å². The molecule has 1 N–H and O–H groups in total. The van der Waals surface area contributed by atoms with Crippen LogP contribution in [-0.4, -0.2) is 29.1 Å². The first-order chi connectivity index (χ1) is 11.9. The van der Waals surface area contributed by atoms with E-state index in [4.69, 9.17) is 9.47 Å². The van der Waals surface area contributed by atoms with Crippen molar-refractivity contribution in [2.75, 3.05) is 13.2 Å². The smallest absolute Gasteiger partial charge is 0.258 e. The monoisotopic (exact) mass is 343 g/mol. The van der Waals surface area contributed by atoms with Crippen molar-refractivity contribution in [2.45, 2.75) is 39.7 Å². The molecule has 2 aromatic rings. The van der Waals surface area contributed by atoms with E-state index in [1.165, 1.54) is 6.33 Å². The predicted octanol–water partition coefficient (Wildman–Crippen LogP) is 2.87. The number of nitrogens with one attached hydrogen (secondary N) is 1. The first-order valence-corrected chi connectivity index (χ1v) is 8.32. The van der Waals surface area contributed by atoms with Crippen molar-refractivity contribution < 1.29 is 14.3 Å². The zero-order valence-corrected chi connectivity index (χ0v) is 15.2. The van der Waals surface area contributed by atoms with Gasteiger partial charge in [0.25, 0.3) is 5.91 Å². The number of carbonyl (C=O) groups is 1. The minimum Gasteiger partial charge on any atom is -0.494 e. The summed E-state index contributed by atoms with van der Waals surface area (Å²) in [6, 6.07) is 7.18. The molecule has 0 bridgehead atoms. The molecule has 1 aromatic heterocycles. The number of hydrogen-bond acceptors (Lipinski definition) is 5. The van der Waals surface area contributed by atoms with Gasteiger partial charge in [-0.25, -0.2) is 9.97 Å². The van der Waals surface area contributed by atoms with Gasteiger partial charge in [-0.2, -0.15) is 0 Å². The molecule has 0 aliphatic rings. The zero-order valence-electron chi connectivity index (χ0n) is 15.2. The van der Waals surface area contributed by atoms with Gasteiger partial charge in [0, 0.05) is 23.7 Å². The van der Waals surface area contributed by atoms with Gasteiger partial charge in [0.05, 0.1) is 12.3 Å². The van der Waals surface area contributed by atoms with Gasteiger partial charge in [0.15, 0.2) is 6.61 Å². The molecule has 0 saturated heterocycles. The van der Waals surface area contributed by atoms with Crippen LogP contribution in [0, 0.1) is 0 Å². The lowest BCUT2D eigenvalue weighted by Gasteiger charge is -2.21. The fourth-order valence-corrected chi connectivity index (χ4v) is 2.36. The summed E-state index contributed by atoms with van der Waals surface area (Å²) in [6.07, 6.45) is 3.27. The average Bonchev–Trinajstić information content (AvgIpc) is 2.59. The van der Waals surface area contributed by atoms with Crippen LogP contribution in [-0.2, 0) is 16.8 Å². The van der Waals surface area contributed by atoms with Crippen molar-refractivity contribution >= 4 is 5.91 Å². The van der Waals surface area contributed by atoms with E-state index < -0.39 is 0 Å². The van der Waals surface area contributed by atoms with Gasteiger partial charge >= 0.3 is 0 Å². The van der Waals surface area contributed by atoms with Crippen LogP contribution in [0.4, 0.5) is 0 Å². The highest BCUT2D eigenvalue weighted by Crippen LogP contribution is 2.22. The van der Waals surface area contributed by atoms with E-state index in [0.29, 0.717) is 18.9 Å². The summed E-state index contributed by atoms with van der Waals surface area (Å²) >= 11 is 0. The second-order valence-electron chi connectivity index (χ2n) is 6.62. The normalized spacial score (nSPS) is 11.0. The summed E-state index contributed by atoms with van der Waals surface area (Å²) < 4.78 is 10.9. The number of hydrogen-bond donors (Lipinski definition) is 1. The number of nitrogens with zero attached hydrogens (tertiary/aromatic N) is 2. The number of carbonyl (C=O) groups excluding carboxylic acids is 1. The summed E-state index contributed by atoms with van der Waals surface area (Å²) in [5.41, 5.74) is 1.72. The van der Waals surface area contributed by atoms with Crippen LogP contribution in [0.25, 0.3) is 0 Å². The quantitative estimate of drug-likeness (QED) is 0.837. The molecule has 0 fully saturated rings. The van der Waals surface area contributed by atoms with Crippen molar-refractivity contribution in [1.82, 2.24) is 15.3 Å². The molecule has 134 valence electrons. The third-order valence-corrected chi connectivity index (χ3v) is 3.48. The third kappa shape index (κ3) is 5.74. The number of benzene rings is 1. The second-order valence-corrected chi connectivity index (χ2v) is 6.62. The fourth-order valence-electron chi connectivity index (χ4n) is 2.36. The van der Waals surface area contributed by atoms with Crippen molar-refractivity contribution in [3.8, 4) is 11.5 Å². The van der Waals surface area contributed by atoms with Gasteiger partial charge < -0.3 is 14.8 Å². The minimum atomic E-state index is -0.197. The van der Waals surface area contributed by atoms with E-state index in [9.17, 15) is 4.79 Å². The Morgan fingerprint density at radius 1 is 1.12 bits per heavy atom. The molecule has 6 heteroatoms. The zero-order chi connectivity index (χ0) is 18.3. The number of aromatic nitrogens is 2. The molecule has 0 aliphatic carbocycles. The molecular formula is C19H25N3O3. The van der Waals surface area contributed by atoms with Crippen LogP contribution in [0.1, 0.15) is 39.0 Å². The first kappa shape index (κ1) is 18.7. The molecule has 0 unspecified atom stereocenters. The van der Waals surface area contributed by atoms with Gasteiger partial charge in [-0.3, -0.25) is 4.79 Å². The molecular weight excluding hydrogens is 318 g/mol. The van der Waals surface area contributed by atoms with Crippen LogP contribution < -0.4 is 14.8 Å². The Morgan fingerprint density at radius 2 is 1.76 bits per heavy atom. The minimum absolute atomic E-state index is 0.0491. The molecule has 0 atom stereocenters. The van der Waals surface area contributed by atoms with Gasteiger partial charge in [0.1, 0.15) is 17.8 Å². The first-order valence-electron chi connectivity index (χ1n) is 8.32. The molecule has 1 amide bonds. The fraction of sp³-hybridized carbons (Fsp3) is 0.421. The molecule has 0 aliphatic heterocycles. The Labute approximate surface area is 148 Å². The van der Waals surface area contributed by atoms with Gasteiger partial charge in [-0.15, -0.1) is 0 Å². The summed E-state index contributed by atoms with van der Waals surface area (Å²) in [5.74, 6) is 1.20. The number of rotatable bonds is 7. The molecule has 1 aromatic carbocycles. The van der Waals surface area contributed by atoms with E-state index in [1.54, 1.807) is 18.3 Å². The largest absolute Gasteiger partial charge is 0.494 e. The Bertz CT molecular complexity index is 694. The van der Waals surface area contributed by atoms with Gasteiger partial charge in [0.2, 0.25) is 0 Å². The molecule has 0 saturated carbocycles. The molecule has 1 heterocycles. The predicted molar refractivity (Wildman–Crippen MR) is 95.7 cm³/mol. The maximum Gasteiger partial charge on any atom is 0.258 e. The van der Waals surface area contributed by atoms with E-state index in [1.807, 2.05) is 19.1 Å². The Hall–Kier alpha value is -2.63. The number of amides is 1. The van der Waals surface area contributed by atoms with Gasteiger partial charge in [-0.05, 0) is 31.2 Å².